The third-order valence-electron chi connectivity index (χ3n) is 3.88. The van der Waals surface area contributed by atoms with Gasteiger partial charge in [-0.2, -0.15) is 0 Å². The first-order valence-corrected chi connectivity index (χ1v) is 7.30. The van der Waals surface area contributed by atoms with E-state index in [9.17, 15) is 4.79 Å². The maximum absolute atomic E-state index is 12.3. The Kier molecular flexibility index (Phi) is 5.01. The first-order chi connectivity index (χ1) is 9.61. The number of ether oxygens (including phenoxy) is 1. The first kappa shape index (κ1) is 14.9. The van der Waals surface area contributed by atoms with Crippen LogP contribution in [0, 0.1) is 0 Å². The Labute approximate surface area is 121 Å². The van der Waals surface area contributed by atoms with Crippen LogP contribution in [-0.4, -0.2) is 37.0 Å². The second-order valence-electron chi connectivity index (χ2n) is 5.42. The minimum atomic E-state index is -0.158. The highest BCUT2D eigenvalue weighted by molar-refractivity contribution is 5.81. The van der Waals surface area contributed by atoms with Crippen molar-refractivity contribution in [2.24, 2.45) is 0 Å². The van der Waals surface area contributed by atoms with E-state index in [-0.39, 0.29) is 18.0 Å². The molecule has 0 radical (unpaired) electrons. The van der Waals surface area contributed by atoms with Crippen LogP contribution in [0.15, 0.2) is 24.3 Å². The van der Waals surface area contributed by atoms with Gasteiger partial charge in [0.1, 0.15) is 5.75 Å². The van der Waals surface area contributed by atoms with E-state index in [4.69, 9.17) is 4.74 Å². The minimum absolute atomic E-state index is 0.117. The highest BCUT2D eigenvalue weighted by Gasteiger charge is 2.24. The Hall–Kier alpha value is -1.55. The monoisotopic (exact) mass is 276 g/mol. The zero-order valence-electron chi connectivity index (χ0n) is 12.6. The second-order valence-corrected chi connectivity index (χ2v) is 5.42. The maximum Gasteiger partial charge on any atom is 0.239 e. The molecular formula is C16H24N2O2. The van der Waals surface area contributed by atoms with Gasteiger partial charge in [-0.1, -0.05) is 12.1 Å². The number of hydrogen-bond acceptors (Lipinski definition) is 3. The van der Waals surface area contributed by atoms with Crippen LogP contribution >= 0.6 is 0 Å². The third-order valence-corrected chi connectivity index (χ3v) is 3.88. The smallest absolute Gasteiger partial charge is 0.239 e. The van der Waals surface area contributed by atoms with Crippen molar-refractivity contribution in [2.45, 2.75) is 38.8 Å². The molecule has 2 rings (SSSR count). The van der Waals surface area contributed by atoms with Gasteiger partial charge in [0.15, 0.2) is 0 Å². The molecule has 1 N–H and O–H groups in total. The van der Waals surface area contributed by atoms with E-state index in [1.807, 2.05) is 36.1 Å². The molecule has 1 aliphatic heterocycles. The van der Waals surface area contributed by atoms with E-state index in [2.05, 4.69) is 12.2 Å². The van der Waals surface area contributed by atoms with Crippen molar-refractivity contribution in [3.63, 3.8) is 0 Å². The number of nitrogens with zero attached hydrogens (tertiary/aromatic N) is 1. The number of amides is 1. The van der Waals surface area contributed by atoms with Crippen molar-refractivity contribution in [2.75, 3.05) is 20.2 Å². The predicted molar refractivity (Wildman–Crippen MR) is 79.8 cm³/mol. The highest BCUT2D eigenvalue weighted by atomic mass is 16.5. The lowest BCUT2D eigenvalue weighted by Crippen LogP contribution is -2.44. The summed E-state index contributed by atoms with van der Waals surface area (Å²) in [5, 5.41) is 3.38. The molecule has 1 amide bonds. The van der Waals surface area contributed by atoms with Crippen molar-refractivity contribution in [3.8, 4) is 5.75 Å². The number of hydrogen-bond donors (Lipinski definition) is 1. The molecule has 1 saturated heterocycles. The lowest BCUT2D eigenvalue weighted by molar-refractivity contribution is -0.132. The molecule has 0 bridgehead atoms. The normalized spacial score (nSPS) is 17.9. The average molecular weight is 276 g/mol. The molecule has 0 saturated carbocycles. The van der Waals surface area contributed by atoms with Crippen LogP contribution in [-0.2, 0) is 4.79 Å². The Balaban J connectivity index is 1.95. The summed E-state index contributed by atoms with van der Waals surface area (Å²) in [4.78, 5) is 14.2. The quantitative estimate of drug-likeness (QED) is 0.897. The van der Waals surface area contributed by atoms with E-state index < -0.39 is 0 Å². The summed E-state index contributed by atoms with van der Waals surface area (Å²) in [6, 6.07) is 7.91. The summed E-state index contributed by atoms with van der Waals surface area (Å²) < 4.78 is 5.24. The average Bonchev–Trinajstić information content (AvgIpc) is 3.00. The van der Waals surface area contributed by atoms with Crippen LogP contribution in [0.4, 0.5) is 0 Å². The lowest BCUT2D eigenvalue weighted by Gasteiger charge is -2.24. The standard InChI is InChI=1S/C16H24N2O2/c1-12(14-7-6-8-15(11-14)20-3)17-13(2)16(19)18-9-4-5-10-18/h6-8,11-13,17H,4-5,9-10H2,1-3H3/t12-,13?/m1/s1. The molecule has 1 fully saturated rings. The number of carbonyl (C=O) groups is 1. The zero-order chi connectivity index (χ0) is 14.5. The summed E-state index contributed by atoms with van der Waals surface area (Å²) in [7, 11) is 1.66. The summed E-state index contributed by atoms with van der Waals surface area (Å²) in [5.41, 5.74) is 1.13. The van der Waals surface area contributed by atoms with Gasteiger partial charge < -0.3 is 9.64 Å². The molecule has 1 aromatic rings. The number of methoxy groups -OCH3 is 1. The first-order valence-electron chi connectivity index (χ1n) is 7.30. The summed E-state index contributed by atoms with van der Waals surface area (Å²) in [5.74, 6) is 1.05. The SMILES string of the molecule is COc1cccc([C@@H](C)NC(C)C(=O)N2CCCC2)c1. The van der Waals surface area contributed by atoms with Gasteiger partial charge in [0.2, 0.25) is 5.91 Å². The number of nitrogens with one attached hydrogen (secondary N) is 1. The van der Waals surface area contributed by atoms with Gasteiger partial charge in [-0.15, -0.1) is 0 Å². The largest absolute Gasteiger partial charge is 0.497 e. The van der Waals surface area contributed by atoms with Crippen molar-refractivity contribution >= 4 is 5.91 Å². The molecule has 0 aromatic heterocycles. The highest BCUT2D eigenvalue weighted by Crippen LogP contribution is 2.19. The lowest BCUT2D eigenvalue weighted by atomic mass is 10.1. The van der Waals surface area contributed by atoms with E-state index >= 15 is 0 Å². The molecule has 1 unspecified atom stereocenters. The van der Waals surface area contributed by atoms with Crippen molar-refractivity contribution < 1.29 is 9.53 Å². The summed E-state index contributed by atoms with van der Waals surface area (Å²) in [6.07, 6.45) is 2.26. The predicted octanol–water partition coefficient (Wildman–Crippen LogP) is 2.36. The number of benzene rings is 1. The summed E-state index contributed by atoms with van der Waals surface area (Å²) >= 11 is 0. The van der Waals surface area contributed by atoms with Gasteiger partial charge in [0, 0.05) is 19.1 Å². The van der Waals surface area contributed by atoms with Crippen LogP contribution in [0.2, 0.25) is 0 Å². The molecule has 1 heterocycles. The van der Waals surface area contributed by atoms with Crippen LogP contribution in [0.25, 0.3) is 0 Å². The molecule has 4 nitrogen and oxygen atoms in total. The Morgan fingerprint density at radius 2 is 2.00 bits per heavy atom. The molecule has 0 spiro atoms. The van der Waals surface area contributed by atoms with Crippen molar-refractivity contribution in [1.82, 2.24) is 10.2 Å². The third kappa shape index (κ3) is 3.51. The van der Waals surface area contributed by atoms with E-state index in [1.54, 1.807) is 7.11 Å². The van der Waals surface area contributed by atoms with Gasteiger partial charge >= 0.3 is 0 Å². The fourth-order valence-corrected chi connectivity index (χ4v) is 2.66. The van der Waals surface area contributed by atoms with Gasteiger partial charge in [0.05, 0.1) is 13.2 Å². The molecule has 1 aliphatic rings. The Morgan fingerprint density at radius 3 is 2.65 bits per heavy atom. The van der Waals surface area contributed by atoms with Gasteiger partial charge in [0.25, 0.3) is 0 Å². The van der Waals surface area contributed by atoms with Crippen LogP contribution in [0.3, 0.4) is 0 Å². The molecule has 20 heavy (non-hydrogen) atoms. The van der Waals surface area contributed by atoms with Gasteiger partial charge in [-0.05, 0) is 44.4 Å². The topological polar surface area (TPSA) is 41.6 Å². The maximum atomic E-state index is 12.3. The van der Waals surface area contributed by atoms with Gasteiger partial charge in [-0.3, -0.25) is 10.1 Å². The zero-order valence-corrected chi connectivity index (χ0v) is 12.6. The number of likely N-dealkylation sites (tertiary alicyclic amines) is 1. The van der Waals surface area contributed by atoms with Gasteiger partial charge in [-0.25, -0.2) is 0 Å². The molecule has 0 aliphatic carbocycles. The van der Waals surface area contributed by atoms with Crippen LogP contribution in [0.1, 0.15) is 38.3 Å². The van der Waals surface area contributed by atoms with Crippen molar-refractivity contribution in [3.05, 3.63) is 29.8 Å². The van der Waals surface area contributed by atoms with Crippen LogP contribution < -0.4 is 10.1 Å². The molecule has 110 valence electrons. The summed E-state index contributed by atoms with van der Waals surface area (Å²) in [6.45, 7) is 5.82. The van der Waals surface area contributed by atoms with E-state index in [1.165, 1.54) is 0 Å². The minimum Gasteiger partial charge on any atom is -0.497 e. The second kappa shape index (κ2) is 6.75. The number of carbonyl (C=O) groups excluding carboxylic acids is 1. The fraction of sp³-hybridized carbons (Fsp3) is 0.562. The van der Waals surface area contributed by atoms with Crippen LogP contribution in [0.5, 0.6) is 5.75 Å². The molecule has 1 aromatic carbocycles. The molecule has 4 heteroatoms. The molecular weight excluding hydrogens is 252 g/mol. The Morgan fingerprint density at radius 1 is 1.30 bits per heavy atom. The van der Waals surface area contributed by atoms with E-state index in [0.717, 1.165) is 37.2 Å². The number of rotatable bonds is 5. The molecule has 2 atom stereocenters. The van der Waals surface area contributed by atoms with E-state index in [0.29, 0.717) is 0 Å². The Bertz CT molecular complexity index is 456. The fourth-order valence-electron chi connectivity index (χ4n) is 2.66. The van der Waals surface area contributed by atoms with Crippen molar-refractivity contribution in [1.29, 1.82) is 0 Å².